The van der Waals surface area contributed by atoms with Gasteiger partial charge in [-0.05, 0) is 60.0 Å². The molecule has 7 heteroatoms. The molecule has 5 rings (SSSR count). The predicted molar refractivity (Wildman–Crippen MR) is 163 cm³/mol. The van der Waals surface area contributed by atoms with Crippen molar-refractivity contribution in [2.45, 2.75) is 26.6 Å². The van der Waals surface area contributed by atoms with Gasteiger partial charge in [0, 0.05) is 45.8 Å². The normalized spacial score (nSPS) is 14.1. The number of benzene rings is 3. The molecule has 4 aromatic rings. The second-order valence-electron chi connectivity index (χ2n) is 10.5. The minimum atomic E-state index is -0.258. The summed E-state index contributed by atoms with van der Waals surface area (Å²) in [6.07, 6.45) is 4.31. The number of carbonyl (C=O) groups excluding carboxylic acids is 1. The third-order valence-electron chi connectivity index (χ3n) is 7.32. The molecule has 0 N–H and O–H groups in total. The molecule has 2 heterocycles. The molecule has 1 saturated heterocycles. The highest BCUT2D eigenvalue weighted by Crippen LogP contribution is 2.20. The zero-order valence-electron chi connectivity index (χ0n) is 24.1. The minimum absolute atomic E-state index is 0.0797. The van der Waals surface area contributed by atoms with Crippen molar-refractivity contribution in [3.05, 3.63) is 131 Å². The molecule has 0 aliphatic carbocycles. The lowest BCUT2D eigenvalue weighted by molar-refractivity contribution is 0.0615. The van der Waals surface area contributed by atoms with Crippen LogP contribution in [0, 0.1) is 5.82 Å². The first-order chi connectivity index (χ1) is 20.6. The van der Waals surface area contributed by atoms with Crippen LogP contribution in [0.5, 0.6) is 5.75 Å². The molecule has 1 aromatic heterocycles. The van der Waals surface area contributed by atoms with Crippen LogP contribution >= 0.6 is 0 Å². The van der Waals surface area contributed by atoms with Crippen molar-refractivity contribution >= 4 is 12.0 Å². The van der Waals surface area contributed by atoms with E-state index in [1.807, 2.05) is 66.4 Å². The first-order valence-electron chi connectivity index (χ1n) is 14.6. The lowest BCUT2D eigenvalue weighted by Gasteiger charge is -2.33. The molecule has 218 valence electrons. The number of halogens is 1. The second-order valence-corrected chi connectivity index (χ2v) is 10.5. The summed E-state index contributed by atoms with van der Waals surface area (Å²) < 4.78 is 25.6. The van der Waals surface area contributed by atoms with E-state index in [1.54, 1.807) is 18.2 Å². The van der Waals surface area contributed by atoms with E-state index in [0.717, 1.165) is 36.5 Å². The Labute approximate surface area is 247 Å². The van der Waals surface area contributed by atoms with E-state index in [4.69, 9.17) is 9.15 Å². The van der Waals surface area contributed by atoms with Gasteiger partial charge in [-0.15, -0.1) is 0 Å². The van der Waals surface area contributed by atoms with E-state index in [9.17, 15) is 9.18 Å². The first kappa shape index (κ1) is 29.3. The maximum Gasteiger partial charge on any atom is 0.289 e. The van der Waals surface area contributed by atoms with Crippen LogP contribution in [-0.2, 0) is 19.6 Å². The molecule has 6 nitrogen and oxygen atoms in total. The van der Waals surface area contributed by atoms with Crippen molar-refractivity contribution in [2.24, 2.45) is 0 Å². The van der Waals surface area contributed by atoms with Gasteiger partial charge in [0.2, 0.25) is 0 Å². The molecule has 42 heavy (non-hydrogen) atoms. The summed E-state index contributed by atoms with van der Waals surface area (Å²) in [4.78, 5) is 19.6. The monoisotopic (exact) mass is 567 g/mol. The van der Waals surface area contributed by atoms with Crippen LogP contribution in [0.3, 0.4) is 0 Å². The third kappa shape index (κ3) is 8.41. The van der Waals surface area contributed by atoms with Gasteiger partial charge in [0.15, 0.2) is 5.76 Å². The van der Waals surface area contributed by atoms with Gasteiger partial charge >= 0.3 is 0 Å². The van der Waals surface area contributed by atoms with Gasteiger partial charge in [-0.3, -0.25) is 14.6 Å². The zero-order chi connectivity index (χ0) is 29.1. The largest absolute Gasteiger partial charge is 0.494 e. The minimum Gasteiger partial charge on any atom is -0.494 e. The van der Waals surface area contributed by atoms with Gasteiger partial charge < -0.3 is 14.1 Å². The smallest absolute Gasteiger partial charge is 0.289 e. The average molecular weight is 568 g/mol. The Morgan fingerprint density at radius 3 is 2.38 bits per heavy atom. The molecule has 0 atom stereocenters. The topological polar surface area (TPSA) is 49.2 Å². The van der Waals surface area contributed by atoms with Crippen LogP contribution < -0.4 is 4.74 Å². The first-order valence-corrected chi connectivity index (χ1v) is 14.6. The van der Waals surface area contributed by atoms with Crippen LogP contribution in [0.15, 0.2) is 101 Å². The third-order valence-corrected chi connectivity index (χ3v) is 7.32. The van der Waals surface area contributed by atoms with E-state index in [-0.39, 0.29) is 11.7 Å². The van der Waals surface area contributed by atoms with Gasteiger partial charge in [0.25, 0.3) is 5.91 Å². The number of amides is 1. The zero-order valence-corrected chi connectivity index (χ0v) is 24.1. The van der Waals surface area contributed by atoms with E-state index < -0.39 is 0 Å². The number of nitrogens with zero attached hydrogens (tertiary/aromatic N) is 3. The number of hydrogen-bond acceptors (Lipinski definition) is 5. The molecular formula is C35H38FN3O3. The van der Waals surface area contributed by atoms with Crippen molar-refractivity contribution in [2.75, 3.05) is 39.3 Å². The van der Waals surface area contributed by atoms with Crippen LogP contribution in [0.25, 0.3) is 6.08 Å². The van der Waals surface area contributed by atoms with E-state index in [2.05, 4.69) is 34.1 Å². The molecule has 0 bridgehead atoms. The van der Waals surface area contributed by atoms with Crippen molar-refractivity contribution in [3.8, 4) is 5.75 Å². The molecule has 1 fully saturated rings. The fraction of sp³-hybridized carbons (Fsp3) is 0.286. The molecule has 0 saturated carbocycles. The Morgan fingerprint density at radius 2 is 1.64 bits per heavy atom. The maximum atomic E-state index is 13.9. The fourth-order valence-corrected chi connectivity index (χ4v) is 5.17. The number of hydrogen-bond donors (Lipinski definition) is 0. The number of rotatable bonds is 12. The predicted octanol–water partition coefficient (Wildman–Crippen LogP) is 6.49. The van der Waals surface area contributed by atoms with Crippen LogP contribution in [0.2, 0.25) is 0 Å². The van der Waals surface area contributed by atoms with Gasteiger partial charge in [-0.25, -0.2) is 4.39 Å². The molecule has 1 aliphatic heterocycles. The highest BCUT2D eigenvalue weighted by Gasteiger charge is 2.24. The van der Waals surface area contributed by atoms with Gasteiger partial charge in [0.1, 0.15) is 17.3 Å². The van der Waals surface area contributed by atoms with Crippen LogP contribution in [0.4, 0.5) is 4.39 Å². The summed E-state index contributed by atoms with van der Waals surface area (Å²) in [5, 5.41) is 0. The molecule has 3 aromatic carbocycles. The number of piperazine rings is 1. The Hall–Kier alpha value is -4.20. The molecule has 1 aliphatic rings. The maximum absolute atomic E-state index is 13.9. The van der Waals surface area contributed by atoms with E-state index in [1.165, 1.54) is 11.6 Å². The van der Waals surface area contributed by atoms with Crippen molar-refractivity contribution in [3.63, 3.8) is 0 Å². The van der Waals surface area contributed by atoms with Gasteiger partial charge in [0.05, 0.1) is 13.2 Å². The Kier molecular flexibility index (Phi) is 10.2. The van der Waals surface area contributed by atoms with Crippen LogP contribution in [-0.4, -0.2) is 59.9 Å². The summed E-state index contributed by atoms with van der Waals surface area (Å²) >= 11 is 0. The van der Waals surface area contributed by atoms with Crippen molar-refractivity contribution in [1.82, 2.24) is 14.7 Å². The lowest BCUT2D eigenvalue weighted by Crippen LogP contribution is -2.48. The summed E-state index contributed by atoms with van der Waals surface area (Å²) in [6.45, 7) is 8.06. The SMILES string of the molecule is CCOc1ccc(CN(Cc2cccc(F)c2)Cc2ccc(C(=O)N3CCN(CC=Cc4ccccc4)CC3)o2)cc1. The van der Waals surface area contributed by atoms with E-state index >= 15 is 0 Å². The van der Waals surface area contributed by atoms with Crippen molar-refractivity contribution in [1.29, 1.82) is 0 Å². The van der Waals surface area contributed by atoms with Gasteiger partial charge in [-0.1, -0.05) is 66.7 Å². The quantitative estimate of drug-likeness (QED) is 0.196. The summed E-state index contributed by atoms with van der Waals surface area (Å²) in [7, 11) is 0. The molecular weight excluding hydrogens is 529 g/mol. The highest BCUT2D eigenvalue weighted by atomic mass is 19.1. The molecule has 0 spiro atoms. The standard InChI is InChI=1S/C35H38FN3O3/c1-2-41-32-15-13-29(14-16-32)25-38(26-30-10-6-12-31(36)24-30)27-33-17-18-34(42-33)35(40)39-22-20-37(21-23-39)19-7-11-28-8-4-3-5-9-28/h3-18,24H,2,19-23,25-27H2,1H3. The fourth-order valence-electron chi connectivity index (χ4n) is 5.17. The Balaban J connectivity index is 1.18. The Bertz CT molecular complexity index is 1440. The van der Waals surface area contributed by atoms with Crippen LogP contribution in [0.1, 0.15) is 39.9 Å². The average Bonchev–Trinajstić information content (AvgIpc) is 3.47. The summed E-state index contributed by atoms with van der Waals surface area (Å²) in [6, 6.07) is 28.6. The lowest BCUT2D eigenvalue weighted by atomic mass is 10.1. The number of furan rings is 1. The molecule has 0 radical (unpaired) electrons. The van der Waals surface area contributed by atoms with Gasteiger partial charge in [-0.2, -0.15) is 0 Å². The Morgan fingerprint density at radius 1 is 0.881 bits per heavy atom. The molecule has 0 unspecified atom stereocenters. The second kappa shape index (κ2) is 14.6. The summed E-state index contributed by atoms with van der Waals surface area (Å²) in [5.41, 5.74) is 3.17. The van der Waals surface area contributed by atoms with Crippen molar-refractivity contribution < 1.29 is 18.3 Å². The number of ether oxygens (including phenoxy) is 1. The number of carbonyl (C=O) groups is 1. The summed E-state index contributed by atoms with van der Waals surface area (Å²) in [5.74, 6) is 1.55. The van der Waals surface area contributed by atoms with E-state index in [0.29, 0.717) is 50.9 Å². The highest BCUT2D eigenvalue weighted by molar-refractivity contribution is 5.91. The molecule has 1 amide bonds.